The van der Waals surface area contributed by atoms with Gasteiger partial charge in [-0.25, -0.2) is 0 Å². The Morgan fingerprint density at radius 1 is 0.667 bits per heavy atom. The van der Waals surface area contributed by atoms with E-state index in [2.05, 4.69) is 15.9 Å². The molecule has 3 heteroatoms. The minimum Gasteiger partial charge on any atom is -0.299 e. The maximum atomic E-state index is 13.3. The van der Waals surface area contributed by atoms with Crippen molar-refractivity contribution < 1.29 is 4.79 Å². The highest BCUT2D eigenvalue weighted by atomic mass is 16.1. The van der Waals surface area contributed by atoms with Gasteiger partial charge in [0.15, 0.2) is 0 Å². The molecule has 0 spiro atoms. The standard InChI is InChI=1S/C30H50N2O/c33-29-17-20-32-19-16-26-25-21-24-13-9-6-7-11-15-28(29)30(32)27(26)14-10-5-3-1-2-4-8-12-18-31(22-24)23-25/h21,25-28,30H,1-20,22-23H2. The van der Waals surface area contributed by atoms with E-state index in [1.165, 1.54) is 129 Å². The van der Waals surface area contributed by atoms with Gasteiger partial charge in [-0.05, 0) is 69.4 Å². The molecule has 0 aromatic rings. The summed E-state index contributed by atoms with van der Waals surface area (Å²) in [7, 11) is 0. The Balaban J connectivity index is 1.46. The molecule has 3 fully saturated rings. The van der Waals surface area contributed by atoms with E-state index in [9.17, 15) is 4.79 Å². The molecular weight excluding hydrogens is 404 g/mol. The quantitative estimate of drug-likeness (QED) is 0.384. The summed E-state index contributed by atoms with van der Waals surface area (Å²) in [4.78, 5) is 18.9. The van der Waals surface area contributed by atoms with E-state index in [0.29, 0.717) is 17.7 Å². The number of fused-ring (bicyclic) bond motifs is 1. The van der Waals surface area contributed by atoms with Crippen molar-refractivity contribution in [3.05, 3.63) is 11.6 Å². The van der Waals surface area contributed by atoms with Gasteiger partial charge in [-0.1, -0.05) is 75.9 Å². The van der Waals surface area contributed by atoms with Crippen molar-refractivity contribution in [3.8, 4) is 0 Å². The van der Waals surface area contributed by atoms with Crippen molar-refractivity contribution in [2.24, 2.45) is 23.7 Å². The van der Waals surface area contributed by atoms with Crippen LogP contribution in [0.5, 0.6) is 0 Å². The number of hydrogen-bond acceptors (Lipinski definition) is 3. The number of carbonyl (C=O) groups excluding carboxylic acids is 1. The van der Waals surface area contributed by atoms with Crippen LogP contribution >= 0.6 is 0 Å². The molecule has 6 atom stereocenters. The topological polar surface area (TPSA) is 23.6 Å². The fourth-order valence-electron chi connectivity index (χ4n) is 8.39. The lowest BCUT2D eigenvalue weighted by atomic mass is 9.64. The Labute approximate surface area is 203 Å². The van der Waals surface area contributed by atoms with Crippen molar-refractivity contribution in [1.29, 1.82) is 0 Å². The number of nitrogens with zero attached hydrogens (tertiary/aromatic N) is 2. The summed E-state index contributed by atoms with van der Waals surface area (Å²) in [5, 5.41) is 0. The van der Waals surface area contributed by atoms with Gasteiger partial charge in [-0.15, -0.1) is 0 Å². The summed E-state index contributed by atoms with van der Waals surface area (Å²) in [5.41, 5.74) is 1.76. The predicted molar refractivity (Wildman–Crippen MR) is 137 cm³/mol. The van der Waals surface area contributed by atoms with E-state index in [1.807, 2.05) is 0 Å². The van der Waals surface area contributed by atoms with Crippen LogP contribution in [0.4, 0.5) is 0 Å². The SMILES string of the molecule is O=C1CCN2CCC3C4C=C5CCCCCCC1C2C3CCCCCCCCCCN(C5)C4. The molecule has 3 saturated heterocycles. The monoisotopic (exact) mass is 454 g/mol. The lowest BCUT2D eigenvalue weighted by Gasteiger charge is -2.53. The van der Waals surface area contributed by atoms with Crippen LogP contribution < -0.4 is 0 Å². The fourth-order valence-corrected chi connectivity index (χ4v) is 8.39. The zero-order valence-electron chi connectivity index (χ0n) is 21.3. The Hall–Kier alpha value is -0.670. The lowest BCUT2D eigenvalue weighted by Crippen LogP contribution is -2.59. The molecule has 5 rings (SSSR count). The van der Waals surface area contributed by atoms with E-state index in [-0.39, 0.29) is 0 Å². The highest BCUT2D eigenvalue weighted by Gasteiger charge is 2.48. The molecule has 4 aliphatic heterocycles. The minimum atomic E-state index is 0.331. The number of carbonyl (C=O) groups is 1. The average Bonchev–Trinajstić information content (AvgIpc) is 2.82. The van der Waals surface area contributed by atoms with Gasteiger partial charge in [0.2, 0.25) is 0 Å². The average molecular weight is 455 g/mol. The summed E-state index contributed by atoms with van der Waals surface area (Å²) < 4.78 is 0. The molecule has 0 aromatic heterocycles. The van der Waals surface area contributed by atoms with Crippen LogP contribution in [0, 0.1) is 23.7 Å². The van der Waals surface area contributed by atoms with Crippen LogP contribution in [0.25, 0.3) is 0 Å². The van der Waals surface area contributed by atoms with Crippen molar-refractivity contribution in [2.45, 2.75) is 115 Å². The Kier molecular flexibility index (Phi) is 8.63. The maximum absolute atomic E-state index is 13.3. The molecule has 186 valence electrons. The van der Waals surface area contributed by atoms with E-state index < -0.39 is 0 Å². The van der Waals surface area contributed by atoms with Crippen LogP contribution in [0.2, 0.25) is 0 Å². The summed E-state index contributed by atoms with van der Waals surface area (Å²) in [6, 6.07) is 0.550. The van der Waals surface area contributed by atoms with Gasteiger partial charge in [0, 0.05) is 38.0 Å². The normalized spacial score (nSPS) is 40.0. The van der Waals surface area contributed by atoms with Gasteiger partial charge >= 0.3 is 0 Å². The van der Waals surface area contributed by atoms with Crippen molar-refractivity contribution in [2.75, 3.05) is 32.7 Å². The third kappa shape index (κ3) is 5.95. The first-order chi connectivity index (χ1) is 16.3. The number of hydrogen-bond donors (Lipinski definition) is 0. The Morgan fingerprint density at radius 3 is 2.24 bits per heavy atom. The third-order valence-electron chi connectivity index (χ3n) is 10.1. The number of piperidine rings is 2. The Bertz CT molecular complexity index is 672. The molecule has 1 aliphatic carbocycles. The molecule has 0 saturated carbocycles. The second-order valence-electron chi connectivity index (χ2n) is 12.3. The van der Waals surface area contributed by atoms with Crippen LogP contribution in [0.1, 0.15) is 109 Å². The molecule has 0 amide bonds. The van der Waals surface area contributed by atoms with E-state index in [1.54, 1.807) is 5.57 Å². The van der Waals surface area contributed by atoms with E-state index in [4.69, 9.17) is 0 Å². The largest absolute Gasteiger partial charge is 0.299 e. The second-order valence-corrected chi connectivity index (χ2v) is 12.3. The van der Waals surface area contributed by atoms with Gasteiger partial charge < -0.3 is 0 Å². The van der Waals surface area contributed by atoms with Crippen LogP contribution in [0.15, 0.2) is 11.6 Å². The minimum absolute atomic E-state index is 0.331. The number of Topliss-reactive ketones (excluding diaryl/α,β-unsaturated/α-hetero) is 1. The zero-order valence-corrected chi connectivity index (χ0v) is 21.3. The van der Waals surface area contributed by atoms with Crippen LogP contribution in [-0.2, 0) is 4.79 Å². The van der Waals surface area contributed by atoms with Gasteiger partial charge in [-0.2, -0.15) is 0 Å². The molecule has 0 radical (unpaired) electrons. The van der Waals surface area contributed by atoms with Gasteiger partial charge in [0.25, 0.3) is 0 Å². The number of rotatable bonds is 0. The molecule has 6 bridgehead atoms. The third-order valence-corrected chi connectivity index (χ3v) is 10.1. The summed E-state index contributed by atoms with van der Waals surface area (Å²) in [6.07, 6.45) is 25.5. The first-order valence-electron chi connectivity index (χ1n) is 15.0. The van der Waals surface area contributed by atoms with Gasteiger partial charge in [-0.3, -0.25) is 14.6 Å². The highest BCUT2D eigenvalue weighted by Crippen LogP contribution is 2.45. The molecular formula is C30H50N2O. The molecule has 4 heterocycles. The van der Waals surface area contributed by atoms with Crippen molar-refractivity contribution in [1.82, 2.24) is 9.80 Å². The molecule has 0 aromatic carbocycles. The summed E-state index contributed by atoms with van der Waals surface area (Å²) in [5.74, 6) is 3.20. The summed E-state index contributed by atoms with van der Waals surface area (Å²) in [6.45, 7) is 6.12. The maximum Gasteiger partial charge on any atom is 0.138 e. The predicted octanol–water partition coefficient (Wildman–Crippen LogP) is 6.62. The van der Waals surface area contributed by atoms with Gasteiger partial charge in [0.1, 0.15) is 5.78 Å². The summed E-state index contributed by atoms with van der Waals surface area (Å²) >= 11 is 0. The van der Waals surface area contributed by atoms with Gasteiger partial charge in [0.05, 0.1) is 0 Å². The van der Waals surface area contributed by atoms with Crippen LogP contribution in [0.3, 0.4) is 0 Å². The highest BCUT2D eigenvalue weighted by molar-refractivity contribution is 5.82. The number of ketones is 1. The first-order valence-corrected chi connectivity index (χ1v) is 15.0. The fraction of sp³-hybridized carbons (Fsp3) is 0.900. The lowest BCUT2D eigenvalue weighted by molar-refractivity contribution is -0.135. The van der Waals surface area contributed by atoms with E-state index >= 15 is 0 Å². The van der Waals surface area contributed by atoms with E-state index in [0.717, 1.165) is 30.7 Å². The zero-order chi connectivity index (χ0) is 22.5. The van der Waals surface area contributed by atoms with Crippen molar-refractivity contribution >= 4 is 5.78 Å². The molecule has 0 N–H and O–H groups in total. The van der Waals surface area contributed by atoms with Crippen molar-refractivity contribution in [3.63, 3.8) is 0 Å². The second kappa shape index (κ2) is 11.8. The first kappa shape index (κ1) is 24.0. The smallest absolute Gasteiger partial charge is 0.138 e. The Morgan fingerprint density at radius 2 is 1.39 bits per heavy atom. The molecule has 3 nitrogen and oxygen atoms in total. The molecule has 5 aliphatic rings. The van der Waals surface area contributed by atoms with Crippen LogP contribution in [-0.4, -0.2) is 54.3 Å². The molecule has 33 heavy (non-hydrogen) atoms. The molecule has 6 unspecified atom stereocenters.